The number of aliphatic hydroxyl groups is 4. The molecule has 3 aliphatic rings. The Morgan fingerprint density at radius 1 is 1.21 bits per heavy atom. The topological polar surface area (TPSA) is 270 Å². The van der Waals surface area contributed by atoms with Crippen LogP contribution in [-0.2, 0) is 52.3 Å². The van der Waals surface area contributed by atoms with Crippen LogP contribution in [0.4, 0.5) is 0 Å². The number of aliphatic hydroxyl groups excluding tert-OH is 2. The number of esters is 3. The Morgan fingerprint density at radius 2 is 1.87 bits per heavy atom. The van der Waals surface area contributed by atoms with E-state index in [4.69, 9.17) is 38.6 Å². The van der Waals surface area contributed by atoms with Crippen molar-refractivity contribution in [2.75, 3.05) is 13.7 Å². The van der Waals surface area contributed by atoms with E-state index in [9.17, 15) is 44.7 Å². The Hall–Kier alpha value is -3.91. The maximum atomic E-state index is 13.3. The predicted molar refractivity (Wildman–Crippen MR) is 184 cm³/mol. The normalized spacial score (nSPS) is 34.4. The molecule has 6 N–H and O–H groups in total. The highest BCUT2D eigenvalue weighted by atomic mass is 32.1. The van der Waals surface area contributed by atoms with Gasteiger partial charge in [0, 0.05) is 20.5 Å². The minimum Gasteiger partial charge on any atom is -0.508 e. The molecule has 0 aromatic carbocycles. The Morgan fingerprint density at radius 3 is 2.42 bits per heavy atom. The molecule has 2 aliphatic heterocycles. The summed E-state index contributed by atoms with van der Waals surface area (Å²) in [6.45, 7) is 8.23. The molecular formula is C34H46N2O16S. The minimum absolute atomic E-state index is 0.280. The summed E-state index contributed by atoms with van der Waals surface area (Å²) in [5.41, 5.74) is -6.75. The summed E-state index contributed by atoms with van der Waals surface area (Å²) >= 11 is 4.61. The average molecular weight is 771 g/mol. The molecule has 2 heterocycles. The van der Waals surface area contributed by atoms with Gasteiger partial charge in [-0.2, -0.15) is 4.99 Å². The average Bonchev–Trinajstić information content (AvgIpc) is 3.10. The number of allylic oxidation sites excluding steroid dienone is 2. The summed E-state index contributed by atoms with van der Waals surface area (Å²) in [6, 6.07) is 0. The number of aliphatic carboxylic acids is 1. The van der Waals surface area contributed by atoms with Crippen molar-refractivity contribution in [3.8, 4) is 0 Å². The van der Waals surface area contributed by atoms with Gasteiger partial charge in [0.05, 0.1) is 29.0 Å². The lowest BCUT2D eigenvalue weighted by atomic mass is 9.79. The van der Waals surface area contributed by atoms with Crippen LogP contribution in [0.15, 0.2) is 40.2 Å². The standard InChI is InChI=1S/C34H46N2O16S/c1-8-15(3)31(42)49-17(5)34(45)16(4)48-23(12-22(34)46-7)51-27-25(38)29(33(44)11-10-19(35)24(28(33)39)30(40)41)50-21(13-47-18(6)37)26(27)52-32(43)20(9-2)36-14-53/h9-11,15-17,21-23,25-27,29,35,38-39,44-45H,8,12-13H2,1-7H3,(H,40,41). The van der Waals surface area contributed by atoms with Crippen LogP contribution < -0.4 is 0 Å². The molecule has 0 spiro atoms. The fourth-order valence-electron chi connectivity index (χ4n) is 6.24. The van der Waals surface area contributed by atoms with E-state index in [1.165, 1.54) is 34.0 Å². The lowest BCUT2D eigenvalue weighted by Gasteiger charge is -2.51. The van der Waals surface area contributed by atoms with Gasteiger partial charge in [-0.3, -0.25) is 15.0 Å². The number of isothiocyanates is 1. The number of carbonyl (C=O) groups is 4. The number of nitrogens with zero attached hydrogens (tertiary/aromatic N) is 1. The van der Waals surface area contributed by atoms with E-state index in [0.717, 1.165) is 19.1 Å². The summed E-state index contributed by atoms with van der Waals surface area (Å²) in [5.74, 6) is -5.99. The number of carboxylic acid groups (broad SMARTS) is 1. The lowest BCUT2D eigenvalue weighted by Crippen LogP contribution is -2.69. The molecular weight excluding hydrogens is 724 g/mol. The van der Waals surface area contributed by atoms with Crippen LogP contribution in [0.1, 0.15) is 54.4 Å². The monoisotopic (exact) mass is 770 g/mol. The Labute approximate surface area is 310 Å². The van der Waals surface area contributed by atoms with Crippen molar-refractivity contribution < 1.29 is 77.9 Å². The van der Waals surface area contributed by atoms with E-state index in [-0.39, 0.29) is 12.1 Å². The predicted octanol–water partition coefficient (Wildman–Crippen LogP) is 1.06. The van der Waals surface area contributed by atoms with Crippen molar-refractivity contribution in [3.63, 3.8) is 0 Å². The lowest BCUT2D eigenvalue weighted by molar-refractivity contribution is -0.343. The van der Waals surface area contributed by atoms with Crippen molar-refractivity contribution in [2.45, 2.75) is 121 Å². The quantitative estimate of drug-likeness (QED) is 0.0474. The Bertz CT molecular complexity index is 1570. The first-order valence-electron chi connectivity index (χ1n) is 16.7. The molecule has 0 radical (unpaired) electrons. The molecule has 18 nitrogen and oxygen atoms in total. The number of ether oxygens (including phenoxy) is 7. The second kappa shape index (κ2) is 17.9. The summed E-state index contributed by atoms with van der Waals surface area (Å²) < 4.78 is 40.2. The number of carboxylic acids is 1. The van der Waals surface area contributed by atoms with Crippen LogP contribution in [0.25, 0.3) is 0 Å². The molecule has 2 saturated heterocycles. The largest absolute Gasteiger partial charge is 0.508 e. The van der Waals surface area contributed by atoms with Gasteiger partial charge in [0.2, 0.25) is 0 Å². The first kappa shape index (κ1) is 43.5. The van der Waals surface area contributed by atoms with E-state index in [0.29, 0.717) is 6.42 Å². The number of methoxy groups -OCH3 is 1. The van der Waals surface area contributed by atoms with Gasteiger partial charge < -0.3 is 58.7 Å². The number of hydrogen-bond donors (Lipinski definition) is 6. The van der Waals surface area contributed by atoms with Gasteiger partial charge in [0.25, 0.3) is 0 Å². The summed E-state index contributed by atoms with van der Waals surface area (Å²) in [5, 5.41) is 66.2. The molecule has 2 fully saturated rings. The number of nitrogens with one attached hydrogen (secondary N) is 1. The van der Waals surface area contributed by atoms with Gasteiger partial charge in [-0.05, 0) is 51.6 Å². The SMILES string of the molecule is CC=C(N=C=S)C(=O)OC1C(COC(C)=O)OC(C2(O)C=CC(=N)C(C(=O)O)=C2O)C(O)C1OC1CC(OC)C(O)(C(C)OC(=O)C(C)CC)C(C)O1. The molecule has 0 amide bonds. The van der Waals surface area contributed by atoms with E-state index < -0.39 is 120 Å². The van der Waals surface area contributed by atoms with Crippen molar-refractivity contribution in [2.24, 2.45) is 10.9 Å². The van der Waals surface area contributed by atoms with Crippen LogP contribution in [0.3, 0.4) is 0 Å². The zero-order valence-electron chi connectivity index (χ0n) is 30.2. The van der Waals surface area contributed by atoms with Gasteiger partial charge in [0.1, 0.15) is 48.5 Å². The zero-order valence-corrected chi connectivity index (χ0v) is 31.0. The first-order chi connectivity index (χ1) is 24.8. The number of rotatable bonds is 14. The Balaban J connectivity index is 2.12. The van der Waals surface area contributed by atoms with Crippen LogP contribution in [0.5, 0.6) is 0 Å². The highest BCUT2D eigenvalue weighted by Crippen LogP contribution is 2.41. The van der Waals surface area contributed by atoms with Gasteiger partial charge in [-0.1, -0.05) is 19.9 Å². The molecule has 3 rings (SSSR count). The van der Waals surface area contributed by atoms with Crippen LogP contribution in [0, 0.1) is 11.3 Å². The van der Waals surface area contributed by atoms with Crippen molar-refractivity contribution in [1.82, 2.24) is 0 Å². The molecule has 0 saturated carbocycles. The molecule has 19 heteroatoms. The third kappa shape index (κ3) is 9.08. The van der Waals surface area contributed by atoms with Gasteiger partial charge >= 0.3 is 23.9 Å². The van der Waals surface area contributed by atoms with E-state index in [1.54, 1.807) is 13.8 Å². The molecule has 53 heavy (non-hydrogen) atoms. The van der Waals surface area contributed by atoms with E-state index >= 15 is 0 Å². The van der Waals surface area contributed by atoms with E-state index in [1.807, 2.05) is 5.16 Å². The van der Waals surface area contributed by atoms with Gasteiger partial charge in [0.15, 0.2) is 29.3 Å². The molecule has 1 aliphatic carbocycles. The second-order valence-corrected chi connectivity index (χ2v) is 13.0. The van der Waals surface area contributed by atoms with Gasteiger partial charge in [-0.25, -0.2) is 9.59 Å². The molecule has 12 atom stereocenters. The highest BCUT2D eigenvalue weighted by molar-refractivity contribution is 7.78. The summed E-state index contributed by atoms with van der Waals surface area (Å²) in [7, 11) is 1.29. The fourth-order valence-corrected chi connectivity index (χ4v) is 6.34. The molecule has 0 aromatic heterocycles. The minimum atomic E-state index is -2.83. The maximum Gasteiger partial charge on any atom is 0.357 e. The first-order valence-corrected chi connectivity index (χ1v) is 17.1. The number of aliphatic imine (C=N–C) groups is 1. The molecule has 294 valence electrons. The second-order valence-electron chi connectivity index (χ2n) is 12.8. The van der Waals surface area contributed by atoms with Crippen molar-refractivity contribution >= 4 is 47.0 Å². The van der Waals surface area contributed by atoms with Crippen LogP contribution in [-0.4, -0.2) is 140 Å². The van der Waals surface area contributed by atoms with Gasteiger partial charge in [-0.15, -0.1) is 0 Å². The van der Waals surface area contributed by atoms with E-state index in [2.05, 4.69) is 17.2 Å². The third-order valence-corrected chi connectivity index (χ3v) is 9.61. The third-order valence-electron chi connectivity index (χ3n) is 9.52. The molecule has 0 aromatic rings. The number of thiocarbonyl (C=S) groups is 1. The van der Waals surface area contributed by atoms with Crippen LogP contribution >= 0.6 is 12.2 Å². The van der Waals surface area contributed by atoms with Crippen molar-refractivity contribution in [1.29, 1.82) is 5.41 Å². The number of carbonyl (C=O) groups excluding carboxylic acids is 3. The maximum absolute atomic E-state index is 13.3. The smallest absolute Gasteiger partial charge is 0.357 e. The molecule has 12 unspecified atom stereocenters. The number of hydrogen-bond acceptors (Lipinski definition) is 18. The Kier molecular flexibility index (Phi) is 14.7. The molecule has 0 bridgehead atoms. The van der Waals surface area contributed by atoms with Crippen molar-refractivity contribution in [3.05, 3.63) is 35.3 Å². The summed E-state index contributed by atoms with van der Waals surface area (Å²) in [6.07, 6.45) is -10.9. The van der Waals surface area contributed by atoms with Crippen LogP contribution in [0.2, 0.25) is 0 Å². The summed E-state index contributed by atoms with van der Waals surface area (Å²) in [4.78, 5) is 53.4. The highest BCUT2D eigenvalue weighted by Gasteiger charge is 2.60. The zero-order chi connectivity index (χ0) is 40.0. The fraction of sp³-hybridized carbons (Fsp3) is 0.647.